The highest BCUT2D eigenvalue weighted by atomic mass is 32.1. The summed E-state index contributed by atoms with van der Waals surface area (Å²) in [6.07, 6.45) is 3.72. The molecule has 1 saturated heterocycles. The normalized spacial score (nSPS) is 13.8. The maximum absolute atomic E-state index is 11.8. The van der Waals surface area contributed by atoms with Gasteiger partial charge in [-0.3, -0.25) is 9.58 Å². The van der Waals surface area contributed by atoms with Crippen LogP contribution in [0.25, 0.3) is 11.3 Å². The molecule has 0 saturated carbocycles. The number of urea groups is 1. The number of nitrogens with one attached hydrogen (secondary N) is 2. The van der Waals surface area contributed by atoms with Crippen molar-refractivity contribution >= 4 is 33.9 Å². The Morgan fingerprint density at radius 1 is 1.32 bits per heavy atom. The molecular formula is C19H22N6O2S. The van der Waals surface area contributed by atoms with Crippen molar-refractivity contribution in [2.24, 2.45) is 0 Å². The van der Waals surface area contributed by atoms with Crippen LogP contribution in [0.1, 0.15) is 6.92 Å². The summed E-state index contributed by atoms with van der Waals surface area (Å²) >= 11 is 1.54. The zero-order chi connectivity index (χ0) is 19.3. The Labute approximate surface area is 167 Å². The van der Waals surface area contributed by atoms with Gasteiger partial charge in [-0.2, -0.15) is 5.10 Å². The summed E-state index contributed by atoms with van der Waals surface area (Å²) in [6.45, 7) is 5.44. The average Bonchev–Trinajstić information content (AvgIpc) is 3.44. The van der Waals surface area contributed by atoms with E-state index in [0.29, 0.717) is 26.3 Å². The number of anilines is 3. The molecule has 2 amide bonds. The van der Waals surface area contributed by atoms with Gasteiger partial charge in [0.05, 0.1) is 30.7 Å². The Morgan fingerprint density at radius 3 is 2.93 bits per heavy atom. The fourth-order valence-corrected chi connectivity index (χ4v) is 3.71. The molecule has 2 N–H and O–H groups in total. The molecule has 0 unspecified atom stereocenters. The van der Waals surface area contributed by atoms with Gasteiger partial charge < -0.3 is 15.4 Å². The molecule has 1 aliphatic heterocycles. The van der Waals surface area contributed by atoms with E-state index in [1.807, 2.05) is 47.4 Å². The first-order valence-electron chi connectivity index (χ1n) is 9.21. The quantitative estimate of drug-likeness (QED) is 0.569. The van der Waals surface area contributed by atoms with Gasteiger partial charge in [0, 0.05) is 42.5 Å². The lowest BCUT2D eigenvalue weighted by Gasteiger charge is -2.14. The van der Waals surface area contributed by atoms with Gasteiger partial charge in [0.15, 0.2) is 5.13 Å². The lowest BCUT2D eigenvalue weighted by atomic mass is 10.1. The van der Waals surface area contributed by atoms with Crippen molar-refractivity contribution in [1.82, 2.24) is 20.1 Å². The minimum atomic E-state index is -0.0466. The molecule has 1 aromatic carbocycles. The summed E-state index contributed by atoms with van der Waals surface area (Å²) in [7, 11) is 0. The Bertz CT molecular complexity index is 936. The van der Waals surface area contributed by atoms with E-state index in [2.05, 4.69) is 20.7 Å². The summed E-state index contributed by atoms with van der Waals surface area (Å²) in [4.78, 5) is 18.2. The van der Waals surface area contributed by atoms with Crippen LogP contribution >= 0.6 is 11.3 Å². The number of carbonyl (C=O) groups excluding carboxylic acids is 1. The van der Waals surface area contributed by atoms with E-state index in [-0.39, 0.29) is 6.03 Å². The molecule has 9 heteroatoms. The van der Waals surface area contributed by atoms with Crippen molar-refractivity contribution in [3.05, 3.63) is 42.0 Å². The topological polar surface area (TPSA) is 84.3 Å². The molecule has 0 atom stereocenters. The molecular weight excluding hydrogens is 376 g/mol. The second kappa shape index (κ2) is 8.41. The van der Waals surface area contributed by atoms with Gasteiger partial charge in [-0.25, -0.2) is 9.78 Å². The zero-order valence-corrected chi connectivity index (χ0v) is 16.4. The van der Waals surface area contributed by atoms with Crippen molar-refractivity contribution in [2.75, 3.05) is 36.5 Å². The predicted octanol–water partition coefficient (Wildman–Crippen LogP) is 3.32. The Balaban J connectivity index is 1.39. The van der Waals surface area contributed by atoms with Crippen molar-refractivity contribution in [2.45, 2.75) is 13.5 Å². The third kappa shape index (κ3) is 4.15. The Morgan fingerprint density at radius 2 is 2.18 bits per heavy atom. The summed E-state index contributed by atoms with van der Waals surface area (Å²) in [5.74, 6) is 0. The second-order valence-electron chi connectivity index (χ2n) is 6.28. The molecule has 1 fully saturated rings. The smallest absolute Gasteiger partial charge is 0.321 e. The molecule has 3 aromatic rings. The number of thiazole rings is 1. The number of rotatable bonds is 8. The maximum atomic E-state index is 11.8. The summed E-state index contributed by atoms with van der Waals surface area (Å²) in [5.41, 5.74) is 3.70. The lowest BCUT2D eigenvalue weighted by Crippen LogP contribution is -2.27. The van der Waals surface area contributed by atoms with E-state index in [4.69, 9.17) is 4.74 Å². The molecule has 0 radical (unpaired) electrons. The number of hydrogen-bond donors (Lipinski definition) is 2. The molecule has 28 heavy (non-hydrogen) atoms. The fourth-order valence-electron chi connectivity index (χ4n) is 2.97. The number of amides is 2. The summed E-state index contributed by atoms with van der Waals surface area (Å²) < 4.78 is 7.19. The lowest BCUT2D eigenvalue weighted by molar-refractivity contribution is 0.136. The van der Waals surface area contributed by atoms with Crippen LogP contribution in [0.4, 0.5) is 21.3 Å². The minimum absolute atomic E-state index is 0.0466. The van der Waals surface area contributed by atoms with Crippen LogP contribution in [0, 0.1) is 0 Å². The van der Waals surface area contributed by atoms with Gasteiger partial charge in [-0.15, -0.1) is 11.3 Å². The van der Waals surface area contributed by atoms with Gasteiger partial charge in [0.2, 0.25) is 0 Å². The molecule has 146 valence electrons. The number of ether oxygens (including phenoxy) is 1. The first kappa shape index (κ1) is 18.5. The van der Waals surface area contributed by atoms with Crippen LogP contribution in [-0.4, -0.2) is 47.1 Å². The Hall–Kier alpha value is -2.91. The highest BCUT2D eigenvalue weighted by Gasteiger charge is 2.20. The van der Waals surface area contributed by atoms with Crippen LogP contribution in [-0.2, 0) is 11.3 Å². The van der Waals surface area contributed by atoms with Crippen molar-refractivity contribution in [3.8, 4) is 11.3 Å². The standard InChI is InChI=1S/C19H22N6O2S/c1-2-27-10-9-24-12-15(11-21-24)22-18-23-17(13-28-18)14-3-5-16(6-4-14)25-8-7-20-19(25)26/h3-6,11-13H,2,7-10H2,1H3,(H,20,26)(H,22,23). The number of aromatic nitrogens is 3. The largest absolute Gasteiger partial charge is 0.380 e. The van der Waals surface area contributed by atoms with Gasteiger partial charge in [-0.1, -0.05) is 12.1 Å². The first-order valence-corrected chi connectivity index (χ1v) is 10.1. The Kier molecular flexibility index (Phi) is 5.54. The molecule has 4 rings (SSSR count). The predicted molar refractivity (Wildman–Crippen MR) is 110 cm³/mol. The average molecular weight is 398 g/mol. The summed E-state index contributed by atoms with van der Waals surface area (Å²) in [6, 6.07) is 7.84. The number of benzene rings is 1. The van der Waals surface area contributed by atoms with E-state index < -0.39 is 0 Å². The van der Waals surface area contributed by atoms with Gasteiger partial charge in [-0.05, 0) is 19.1 Å². The highest BCUT2D eigenvalue weighted by molar-refractivity contribution is 7.14. The van der Waals surface area contributed by atoms with E-state index in [1.54, 1.807) is 22.4 Å². The highest BCUT2D eigenvalue weighted by Crippen LogP contribution is 2.28. The van der Waals surface area contributed by atoms with Crippen molar-refractivity contribution in [3.63, 3.8) is 0 Å². The zero-order valence-electron chi connectivity index (χ0n) is 15.6. The monoisotopic (exact) mass is 398 g/mol. The molecule has 0 aliphatic carbocycles. The third-order valence-electron chi connectivity index (χ3n) is 4.39. The maximum Gasteiger partial charge on any atom is 0.321 e. The first-order chi connectivity index (χ1) is 13.7. The van der Waals surface area contributed by atoms with Crippen molar-refractivity contribution < 1.29 is 9.53 Å². The van der Waals surface area contributed by atoms with Gasteiger partial charge in [0.1, 0.15) is 0 Å². The molecule has 1 aliphatic rings. The van der Waals surface area contributed by atoms with Gasteiger partial charge in [0.25, 0.3) is 0 Å². The van der Waals surface area contributed by atoms with E-state index >= 15 is 0 Å². The molecule has 8 nitrogen and oxygen atoms in total. The van der Waals surface area contributed by atoms with Crippen LogP contribution < -0.4 is 15.5 Å². The van der Waals surface area contributed by atoms with E-state index in [9.17, 15) is 4.79 Å². The summed E-state index contributed by atoms with van der Waals surface area (Å²) in [5, 5.41) is 13.2. The SMILES string of the molecule is CCOCCn1cc(Nc2nc(-c3ccc(N4CCNC4=O)cc3)cs2)cn1. The van der Waals surface area contributed by atoms with Crippen molar-refractivity contribution in [1.29, 1.82) is 0 Å². The van der Waals surface area contributed by atoms with E-state index in [0.717, 1.165) is 34.3 Å². The fraction of sp³-hybridized carbons (Fsp3) is 0.316. The van der Waals surface area contributed by atoms with E-state index in [1.165, 1.54) is 0 Å². The number of nitrogens with zero attached hydrogens (tertiary/aromatic N) is 4. The van der Waals surface area contributed by atoms with Crippen LogP contribution in [0.2, 0.25) is 0 Å². The number of hydrogen-bond acceptors (Lipinski definition) is 6. The molecule has 3 heterocycles. The third-order valence-corrected chi connectivity index (χ3v) is 5.15. The van der Waals surface area contributed by atoms with Crippen LogP contribution in [0.15, 0.2) is 42.0 Å². The van der Waals surface area contributed by atoms with Gasteiger partial charge >= 0.3 is 6.03 Å². The molecule has 0 bridgehead atoms. The minimum Gasteiger partial charge on any atom is -0.380 e. The number of carbonyl (C=O) groups is 1. The molecule has 0 spiro atoms. The van der Waals surface area contributed by atoms with Crippen LogP contribution in [0.3, 0.4) is 0 Å². The molecule has 2 aromatic heterocycles. The van der Waals surface area contributed by atoms with Crippen LogP contribution in [0.5, 0.6) is 0 Å². The second-order valence-corrected chi connectivity index (χ2v) is 7.14.